The van der Waals surface area contributed by atoms with Crippen molar-refractivity contribution in [3.05, 3.63) is 24.3 Å². The maximum atomic E-state index is 12.0. The molecule has 0 saturated carbocycles. The number of hydrogen-bond acceptors (Lipinski definition) is 14. The van der Waals surface area contributed by atoms with Crippen LogP contribution < -0.4 is 11.5 Å². The Morgan fingerprint density at radius 2 is 1.39 bits per heavy atom. The van der Waals surface area contributed by atoms with Gasteiger partial charge < -0.3 is 11.5 Å². The van der Waals surface area contributed by atoms with E-state index in [0.717, 1.165) is 23.9 Å². The number of nitrogen functional groups attached to an aromatic ring is 2. The number of thioether (sulfide) groups is 1. The summed E-state index contributed by atoms with van der Waals surface area (Å²) < 4.78 is 99.8. The number of anilines is 2. The zero-order valence-corrected chi connectivity index (χ0v) is 20.6. The Hall–Kier alpha value is -3.45. The summed E-state index contributed by atoms with van der Waals surface area (Å²) in [7, 11) is -15.3. The quantitative estimate of drug-likeness (QED) is 0.115. The second kappa shape index (κ2) is 9.54. The van der Waals surface area contributed by atoms with Crippen molar-refractivity contribution in [3.8, 4) is 6.07 Å². The van der Waals surface area contributed by atoms with Gasteiger partial charge in [-0.05, 0) is 18.2 Å². The van der Waals surface area contributed by atoms with E-state index in [2.05, 4.69) is 20.2 Å². The van der Waals surface area contributed by atoms with Crippen molar-refractivity contribution in [2.75, 3.05) is 17.2 Å². The van der Waals surface area contributed by atoms with Gasteiger partial charge in [-0.2, -0.15) is 30.5 Å². The molecule has 1 aromatic heterocycles. The summed E-state index contributed by atoms with van der Waals surface area (Å²) in [4.78, 5) is 4.70. The van der Waals surface area contributed by atoms with Gasteiger partial charge in [-0.25, -0.2) is 9.97 Å². The van der Waals surface area contributed by atoms with Crippen molar-refractivity contribution < 1.29 is 38.9 Å². The van der Waals surface area contributed by atoms with E-state index in [4.69, 9.17) is 16.7 Å². The monoisotopic (exact) mass is 575 g/mol. The van der Waals surface area contributed by atoms with E-state index >= 15 is 0 Å². The second-order valence-electron chi connectivity index (χ2n) is 6.63. The minimum atomic E-state index is -5.12. The molecule has 16 nitrogen and oxygen atoms in total. The van der Waals surface area contributed by atoms with Gasteiger partial charge in [0.25, 0.3) is 30.4 Å². The van der Waals surface area contributed by atoms with E-state index in [0.29, 0.717) is 12.1 Å². The molecule has 7 N–H and O–H groups in total. The molecule has 1 heterocycles. The molecule has 3 aromatic rings. The smallest absolute Gasteiger partial charge is 0.296 e. The van der Waals surface area contributed by atoms with E-state index in [1.807, 2.05) is 6.07 Å². The average Bonchev–Trinajstić information content (AvgIpc) is 2.74. The van der Waals surface area contributed by atoms with Gasteiger partial charge in [-0.3, -0.25) is 13.7 Å². The molecule has 0 aliphatic heterocycles. The topological polar surface area (TPSA) is 289 Å². The van der Waals surface area contributed by atoms with Crippen LogP contribution >= 0.6 is 11.8 Å². The van der Waals surface area contributed by atoms with Crippen LogP contribution in [0.3, 0.4) is 0 Å². The lowest BCUT2D eigenvalue weighted by Crippen LogP contribution is -2.05. The van der Waals surface area contributed by atoms with Crippen LogP contribution in [0.4, 0.5) is 23.0 Å². The minimum Gasteiger partial charge on any atom is -0.382 e. The number of rotatable bonds is 7. The molecule has 0 radical (unpaired) electrons. The van der Waals surface area contributed by atoms with Gasteiger partial charge in [-0.1, -0.05) is 17.8 Å². The highest BCUT2D eigenvalue weighted by atomic mass is 32.2. The van der Waals surface area contributed by atoms with Gasteiger partial charge in [0.05, 0.1) is 16.7 Å². The molecule has 190 valence electrons. The highest BCUT2D eigenvalue weighted by Crippen LogP contribution is 2.39. The van der Waals surface area contributed by atoms with Crippen LogP contribution in [0.2, 0.25) is 0 Å². The molecular formula is C16H13N7O9S4. The standard InChI is InChI=1S/C16H13N7O9S4/c17-3-4-33-16-20-14(18)13(15(19)21-16)23-22-12-9-5-7(34(24,25)26)6-11(36(30,31)32)8(9)1-2-10(12)35(27,28)29/h1-2,5-6H,4H2,(H,24,25,26)(H,27,28,29)(H,30,31,32)(H4,18,19,20,21). The Bertz CT molecular complexity index is 1780. The van der Waals surface area contributed by atoms with Crippen molar-refractivity contribution in [2.24, 2.45) is 10.2 Å². The summed E-state index contributed by atoms with van der Waals surface area (Å²) in [5, 5.41) is 15.0. The third-order valence-corrected chi connectivity index (χ3v) is 7.62. The SMILES string of the molecule is N#CCSc1nc(N)c(N=Nc2c(S(=O)(=O)O)ccc3c(S(=O)(=O)O)cc(S(=O)(=O)O)cc23)c(N)n1. The van der Waals surface area contributed by atoms with Crippen LogP contribution in [0.5, 0.6) is 0 Å². The molecule has 0 atom stereocenters. The summed E-state index contributed by atoms with van der Waals surface area (Å²) in [5.74, 6) is -0.727. The molecule has 0 unspecified atom stereocenters. The number of azo groups is 1. The first-order chi connectivity index (χ1) is 16.5. The van der Waals surface area contributed by atoms with E-state index in [1.165, 1.54) is 0 Å². The largest absolute Gasteiger partial charge is 0.382 e. The first-order valence-electron chi connectivity index (χ1n) is 8.91. The Kier molecular flexibility index (Phi) is 7.19. The van der Waals surface area contributed by atoms with Crippen LogP contribution in [0, 0.1) is 11.3 Å². The Morgan fingerprint density at radius 3 is 1.89 bits per heavy atom. The predicted molar refractivity (Wildman–Crippen MR) is 125 cm³/mol. The molecule has 2 aromatic carbocycles. The number of benzene rings is 2. The lowest BCUT2D eigenvalue weighted by atomic mass is 10.1. The average molecular weight is 576 g/mol. The Balaban J connectivity index is 2.40. The highest BCUT2D eigenvalue weighted by Gasteiger charge is 2.26. The third kappa shape index (κ3) is 5.68. The molecule has 20 heteroatoms. The number of aromatic nitrogens is 2. The van der Waals surface area contributed by atoms with E-state index in [9.17, 15) is 38.9 Å². The van der Waals surface area contributed by atoms with Crippen LogP contribution in [-0.4, -0.2) is 54.6 Å². The summed E-state index contributed by atoms with van der Waals surface area (Å²) in [6.45, 7) is 0. The molecule has 0 aliphatic carbocycles. The Labute approximate surface area is 207 Å². The fourth-order valence-electron chi connectivity index (χ4n) is 2.85. The van der Waals surface area contributed by atoms with Gasteiger partial charge in [0, 0.05) is 10.8 Å². The molecule has 3 rings (SSSR count). The van der Waals surface area contributed by atoms with Gasteiger partial charge in [-0.15, -0.1) is 10.2 Å². The number of hydrogen-bond donors (Lipinski definition) is 5. The maximum Gasteiger partial charge on any atom is 0.296 e. The zero-order valence-electron chi connectivity index (χ0n) is 17.3. The van der Waals surface area contributed by atoms with E-state index in [-0.39, 0.29) is 28.2 Å². The predicted octanol–water partition coefficient (Wildman–Crippen LogP) is 1.57. The minimum absolute atomic E-state index is 0.0184. The molecule has 0 saturated heterocycles. The fourth-order valence-corrected chi connectivity index (χ4v) is 5.34. The van der Waals surface area contributed by atoms with Gasteiger partial charge >= 0.3 is 0 Å². The molecule has 36 heavy (non-hydrogen) atoms. The lowest BCUT2D eigenvalue weighted by Gasteiger charge is -2.11. The Morgan fingerprint density at radius 1 is 0.833 bits per heavy atom. The van der Waals surface area contributed by atoms with Crippen molar-refractivity contribution >= 4 is 75.9 Å². The summed E-state index contributed by atoms with van der Waals surface area (Å²) in [5.41, 5.74) is 10.4. The highest BCUT2D eigenvalue weighted by molar-refractivity contribution is 7.99. The number of nitriles is 1. The molecule has 0 fully saturated rings. The number of fused-ring (bicyclic) bond motifs is 1. The van der Waals surface area contributed by atoms with Crippen LogP contribution in [0.1, 0.15) is 0 Å². The maximum absolute atomic E-state index is 12.0. The van der Waals surface area contributed by atoms with E-state index < -0.39 is 61.5 Å². The van der Waals surface area contributed by atoms with E-state index in [1.54, 1.807) is 0 Å². The van der Waals surface area contributed by atoms with Crippen LogP contribution in [-0.2, 0) is 30.4 Å². The first kappa shape index (κ1) is 27.1. The van der Waals surface area contributed by atoms with Gasteiger partial charge in [0.1, 0.15) is 15.5 Å². The van der Waals surface area contributed by atoms with Crippen molar-refractivity contribution in [1.82, 2.24) is 9.97 Å². The zero-order chi connectivity index (χ0) is 27.1. The molecule has 0 bridgehead atoms. The summed E-state index contributed by atoms with van der Waals surface area (Å²) in [6.07, 6.45) is 0. The molecule has 0 amide bonds. The molecule has 0 spiro atoms. The normalized spacial score (nSPS) is 12.7. The first-order valence-corrected chi connectivity index (χ1v) is 14.2. The van der Waals surface area contributed by atoms with Crippen molar-refractivity contribution in [3.63, 3.8) is 0 Å². The molecular weight excluding hydrogens is 562 g/mol. The lowest BCUT2D eigenvalue weighted by molar-refractivity contribution is 0.480. The van der Waals surface area contributed by atoms with Gasteiger partial charge in [0.2, 0.25) is 0 Å². The number of nitrogens with zero attached hydrogens (tertiary/aromatic N) is 5. The van der Waals surface area contributed by atoms with Crippen molar-refractivity contribution in [1.29, 1.82) is 5.26 Å². The fraction of sp³-hybridized carbons (Fsp3) is 0.0625. The van der Waals surface area contributed by atoms with Crippen LogP contribution in [0.15, 0.2) is 54.3 Å². The number of nitrogens with two attached hydrogens (primary N) is 2. The summed E-state index contributed by atoms with van der Waals surface area (Å²) >= 11 is 0.898. The van der Waals surface area contributed by atoms with Gasteiger partial charge in [0.15, 0.2) is 22.5 Å². The summed E-state index contributed by atoms with van der Waals surface area (Å²) in [6, 6.07) is 4.49. The van der Waals surface area contributed by atoms with Crippen LogP contribution in [0.25, 0.3) is 10.8 Å². The second-order valence-corrected chi connectivity index (χ2v) is 11.8. The van der Waals surface area contributed by atoms with Crippen molar-refractivity contribution in [2.45, 2.75) is 19.8 Å². The third-order valence-electron chi connectivity index (χ3n) is 4.29. The molecule has 0 aliphatic rings.